The monoisotopic (exact) mass is 477 g/mol. The fraction of sp³-hybridized carbons (Fsp3) is 0.385. The Labute approximate surface area is 205 Å². The third kappa shape index (κ3) is 5.62. The van der Waals surface area contributed by atoms with Crippen LogP contribution in [0.25, 0.3) is 0 Å². The quantitative estimate of drug-likeness (QED) is 0.574. The second kappa shape index (κ2) is 10.6. The second-order valence-corrected chi connectivity index (χ2v) is 9.01. The van der Waals surface area contributed by atoms with Crippen LogP contribution >= 0.6 is 0 Å². The molecule has 4 rings (SSSR count). The van der Waals surface area contributed by atoms with Crippen LogP contribution in [0.15, 0.2) is 48.7 Å². The zero-order valence-electron chi connectivity index (χ0n) is 20.6. The van der Waals surface area contributed by atoms with E-state index in [1.807, 2.05) is 18.2 Å². The lowest BCUT2D eigenvalue weighted by atomic mass is 10.1. The largest absolute Gasteiger partial charge is 0.488 e. The van der Waals surface area contributed by atoms with E-state index >= 15 is 0 Å². The van der Waals surface area contributed by atoms with Gasteiger partial charge in [0.25, 0.3) is 11.8 Å². The van der Waals surface area contributed by atoms with Crippen LogP contribution in [0.1, 0.15) is 40.4 Å². The minimum Gasteiger partial charge on any atom is -0.488 e. The van der Waals surface area contributed by atoms with Gasteiger partial charge in [0, 0.05) is 33.4 Å². The average Bonchev–Trinajstić information content (AvgIpc) is 3.20. The summed E-state index contributed by atoms with van der Waals surface area (Å²) in [6.07, 6.45) is 2.38. The average molecular weight is 478 g/mol. The van der Waals surface area contributed by atoms with Gasteiger partial charge in [0.05, 0.1) is 12.2 Å². The number of carbonyl (C=O) groups is 2. The Morgan fingerprint density at radius 3 is 2.60 bits per heavy atom. The third-order valence-electron chi connectivity index (χ3n) is 5.78. The summed E-state index contributed by atoms with van der Waals surface area (Å²) in [5, 5.41) is 4.51. The lowest BCUT2D eigenvalue weighted by Crippen LogP contribution is -2.42. The predicted octanol–water partition coefficient (Wildman–Crippen LogP) is 3.41. The maximum atomic E-state index is 13.5. The van der Waals surface area contributed by atoms with Crippen molar-refractivity contribution in [3.05, 3.63) is 65.6 Å². The number of fused-ring (bicyclic) bond motifs is 2. The molecule has 184 valence electrons. The van der Waals surface area contributed by atoms with Gasteiger partial charge in [0.2, 0.25) is 5.88 Å². The summed E-state index contributed by atoms with van der Waals surface area (Å²) in [6.45, 7) is 5.51. The van der Waals surface area contributed by atoms with Crippen LogP contribution < -0.4 is 9.47 Å². The van der Waals surface area contributed by atoms with Gasteiger partial charge in [-0.1, -0.05) is 26.0 Å². The van der Waals surface area contributed by atoms with E-state index in [-0.39, 0.29) is 24.3 Å². The predicted molar refractivity (Wildman–Crippen MR) is 131 cm³/mol. The van der Waals surface area contributed by atoms with Crippen LogP contribution in [-0.4, -0.2) is 69.7 Å². The highest BCUT2D eigenvalue weighted by Gasteiger charge is 2.24. The molecule has 0 radical (unpaired) electrons. The van der Waals surface area contributed by atoms with Crippen LogP contribution in [-0.2, 0) is 13.5 Å². The standard InChI is InChI=1S/C26H31N5O4/c1-18(2)16-19-17-21(30(4)28-19)26(33)31-13-12-29(3)25(32)20-8-7-11-27-24(20)35-23-10-6-5-9-22(23)34-15-14-31/h5-11,17-18H,12-16H2,1-4H3. The third-order valence-corrected chi connectivity index (χ3v) is 5.78. The smallest absolute Gasteiger partial charge is 0.272 e. The van der Waals surface area contributed by atoms with Crippen LogP contribution in [0, 0.1) is 5.92 Å². The van der Waals surface area contributed by atoms with Gasteiger partial charge in [-0.15, -0.1) is 0 Å². The number of aryl methyl sites for hydroxylation is 1. The van der Waals surface area contributed by atoms with Gasteiger partial charge in [0.1, 0.15) is 17.9 Å². The van der Waals surface area contributed by atoms with Gasteiger partial charge < -0.3 is 19.3 Å². The summed E-state index contributed by atoms with van der Waals surface area (Å²) in [4.78, 5) is 34.3. The van der Waals surface area contributed by atoms with Crippen molar-refractivity contribution in [2.75, 3.05) is 33.3 Å². The van der Waals surface area contributed by atoms with Crippen molar-refractivity contribution >= 4 is 11.8 Å². The van der Waals surface area contributed by atoms with Crippen LogP contribution in [0.2, 0.25) is 0 Å². The van der Waals surface area contributed by atoms with E-state index < -0.39 is 0 Å². The molecule has 3 heterocycles. The first kappa shape index (κ1) is 24.3. The van der Waals surface area contributed by atoms with Gasteiger partial charge in [-0.3, -0.25) is 14.3 Å². The minimum absolute atomic E-state index is 0.152. The Morgan fingerprint density at radius 2 is 1.83 bits per heavy atom. The number of likely N-dealkylation sites (N-methyl/N-ethyl adjacent to an activating group) is 1. The van der Waals surface area contributed by atoms with Crippen molar-refractivity contribution in [3.63, 3.8) is 0 Å². The highest BCUT2D eigenvalue weighted by molar-refractivity contribution is 5.96. The molecule has 1 aliphatic rings. The molecule has 2 aromatic heterocycles. The first-order chi connectivity index (χ1) is 16.8. The molecule has 0 unspecified atom stereocenters. The molecule has 2 amide bonds. The van der Waals surface area contributed by atoms with Crippen molar-refractivity contribution < 1.29 is 19.1 Å². The topological polar surface area (TPSA) is 89.8 Å². The van der Waals surface area contributed by atoms with Crippen LogP contribution in [0.3, 0.4) is 0 Å². The molecule has 9 heteroatoms. The van der Waals surface area contributed by atoms with Crippen molar-refractivity contribution in [3.8, 4) is 17.4 Å². The lowest BCUT2D eigenvalue weighted by molar-refractivity contribution is 0.0661. The summed E-state index contributed by atoms with van der Waals surface area (Å²) < 4.78 is 13.6. The van der Waals surface area contributed by atoms with E-state index in [0.717, 1.165) is 12.1 Å². The second-order valence-electron chi connectivity index (χ2n) is 9.01. The van der Waals surface area contributed by atoms with Crippen molar-refractivity contribution in [2.45, 2.75) is 20.3 Å². The molecule has 0 spiro atoms. The number of aromatic nitrogens is 3. The molecule has 0 aliphatic carbocycles. The van der Waals surface area contributed by atoms with Crippen LogP contribution in [0.5, 0.6) is 17.4 Å². The maximum absolute atomic E-state index is 13.5. The Morgan fingerprint density at radius 1 is 1.06 bits per heavy atom. The Hall–Kier alpha value is -3.88. The highest BCUT2D eigenvalue weighted by atomic mass is 16.5. The molecule has 0 atom stereocenters. The summed E-state index contributed by atoms with van der Waals surface area (Å²) in [7, 11) is 3.48. The number of carbonyl (C=O) groups excluding carboxylic acids is 2. The van der Waals surface area contributed by atoms with E-state index in [1.54, 1.807) is 59.0 Å². The SMILES string of the molecule is CC(C)Cc1cc(C(=O)N2CCOc3ccccc3Oc3ncccc3C(=O)N(C)CC2)n(C)n1. The number of hydrogen-bond donors (Lipinski definition) is 0. The van der Waals surface area contributed by atoms with Crippen LogP contribution in [0.4, 0.5) is 0 Å². The first-order valence-corrected chi connectivity index (χ1v) is 11.8. The number of para-hydroxylation sites is 2. The number of amides is 2. The van der Waals surface area contributed by atoms with Gasteiger partial charge in [0.15, 0.2) is 11.5 Å². The number of pyridine rings is 1. The molecule has 0 saturated carbocycles. The minimum atomic E-state index is -0.238. The van der Waals surface area contributed by atoms with E-state index in [0.29, 0.717) is 48.3 Å². The first-order valence-electron chi connectivity index (χ1n) is 11.8. The summed E-state index contributed by atoms with van der Waals surface area (Å²) >= 11 is 0. The normalized spacial score (nSPS) is 14.7. The van der Waals surface area contributed by atoms with Gasteiger partial charge in [-0.2, -0.15) is 5.10 Å². The molecule has 3 aromatic rings. The number of rotatable bonds is 3. The fourth-order valence-electron chi connectivity index (χ4n) is 3.96. The number of ether oxygens (including phenoxy) is 2. The Kier molecular flexibility index (Phi) is 7.33. The van der Waals surface area contributed by atoms with E-state index in [2.05, 4.69) is 23.9 Å². The molecular formula is C26H31N5O4. The molecular weight excluding hydrogens is 446 g/mol. The number of nitrogens with zero attached hydrogens (tertiary/aromatic N) is 5. The Bertz CT molecular complexity index is 1210. The molecule has 0 saturated heterocycles. The maximum Gasteiger partial charge on any atom is 0.272 e. The van der Waals surface area contributed by atoms with Gasteiger partial charge in [-0.25, -0.2) is 4.98 Å². The van der Waals surface area contributed by atoms with E-state index in [4.69, 9.17) is 9.47 Å². The Balaban J connectivity index is 1.63. The molecule has 9 nitrogen and oxygen atoms in total. The zero-order chi connectivity index (χ0) is 24.9. The molecule has 1 aromatic carbocycles. The molecule has 1 aliphatic heterocycles. The van der Waals surface area contributed by atoms with Crippen molar-refractivity contribution in [1.82, 2.24) is 24.6 Å². The number of hydrogen-bond acceptors (Lipinski definition) is 6. The summed E-state index contributed by atoms with van der Waals surface area (Å²) in [5.74, 6) is 1.21. The number of benzene rings is 1. The summed E-state index contributed by atoms with van der Waals surface area (Å²) in [5.41, 5.74) is 1.74. The molecule has 0 fully saturated rings. The zero-order valence-corrected chi connectivity index (χ0v) is 20.6. The highest BCUT2D eigenvalue weighted by Crippen LogP contribution is 2.32. The van der Waals surface area contributed by atoms with Gasteiger partial charge >= 0.3 is 0 Å². The molecule has 0 bridgehead atoms. The summed E-state index contributed by atoms with van der Waals surface area (Å²) in [6, 6.07) is 12.4. The van der Waals surface area contributed by atoms with Crippen molar-refractivity contribution in [1.29, 1.82) is 0 Å². The van der Waals surface area contributed by atoms with E-state index in [1.165, 1.54) is 0 Å². The molecule has 35 heavy (non-hydrogen) atoms. The molecule has 0 N–H and O–H groups in total. The van der Waals surface area contributed by atoms with Gasteiger partial charge in [-0.05, 0) is 42.7 Å². The fourth-order valence-corrected chi connectivity index (χ4v) is 3.96. The van der Waals surface area contributed by atoms with Crippen molar-refractivity contribution in [2.24, 2.45) is 13.0 Å². The van der Waals surface area contributed by atoms with E-state index in [9.17, 15) is 9.59 Å². The lowest BCUT2D eigenvalue weighted by Gasteiger charge is -2.25.